The van der Waals surface area contributed by atoms with Gasteiger partial charge in [-0.2, -0.15) is 10.4 Å². The van der Waals surface area contributed by atoms with Gasteiger partial charge in [-0.05, 0) is 22.6 Å². The molecule has 0 aliphatic carbocycles. The van der Waals surface area contributed by atoms with E-state index in [0.29, 0.717) is 13.0 Å². The van der Waals surface area contributed by atoms with E-state index in [1.165, 1.54) is 4.90 Å². The van der Waals surface area contributed by atoms with Gasteiger partial charge in [0.05, 0.1) is 22.3 Å². The third kappa shape index (κ3) is 3.87. The summed E-state index contributed by atoms with van der Waals surface area (Å²) in [5.41, 5.74) is 0. The van der Waals surface area contributed by atoms with Crippen LogP contribution in [0.2, 0.25) is 0 Å². The molecule has 0 fully saturated rings. The van der Waals surface area contributed by atoms with Crippen molar-refractivity contribution in [2.75, 3.05) is 13.6 Å². The van der Waals surface area contributed by atoms with Crippen LogP contribution in [0.25, 0.3) is 0 Å². The van der Waals surface area contributed by atoms with E-state index in [4.69, 9.17) is 5.26 Å². The van der Waals surface area contributed by atoms with Crippen LogP contribution < -0.4 is 0 Å². The van der Waals surface area contributed by atoms with Crippen molar-refractivity contribution in [2.45, 2.75) is 13.0 Å². The Labute approximate surface area is 102 Å². The normalized spacial score (nSPS) is 9.67. The number of nitrogens with zero attached hydrogens (tertiary/aromatic N) is 4. The van der Waals surface area contributed by atoms with Crippen molar-refractivity contribution in [3.63, 3.8) is 0 Å². The summed E-state index contributed by atoms with van der Waals surface area (Å²) in [4.78, 5) is 13.1. The maximum atomic E-state index is 11.6. The second-order valence-corrected chi connectivity index (χ2v) is 4.33. The number of rotatable bonds is 4. The first-order chi connectivity index (χ1) is 7.13. The molecule has 0 saturated heterocycles. The Morgan fingerprint density at radius 3 is 3.07 bits per heavy atom. The van der Waals surface area contributed by atoms with E-state index >= 15 is 0 Å². The predicted molar refractivity (Wildman–Crippen MR) is 62.8 cm³/mol. The van der Waals surface area contributed by atoms with Gasteiger partial charge in [0.25, 0.3) is 0 Å². The molecule has 0 aliphatic rings. The number of nitriles is 1. The minimum Gasteiger partial charge on any atom is -0.343 e. The third-order valence-corrected chi connectivity index (χ3v) is 2.44. The highest BCUT2D eigenvalue weighted by atomic mass is 127. The van der Waals surface area contributed by atoms with Gasteiger partial charge in [-0.3, -0.25) is 9.48 Å². The third-order valence-electron chi connectivity index (χ3n) is 1.88. The topological polar surface area (TPSA) is 61.9 Å². The van der Waals surface area contributed by atoms with Crippen LogP contribution in [-0.4, -0.2) is 34.2 Å². The zero-order valence-electron chi connectivity index (χ0n) is 8.35. The molecule has 0 aromatic carbocycles. The maximum Gasteiger partial charge on any atom is 0.244 e. The van der Waals surface area contributed by atoms with Gasteiger partial charge in [0, 0.05) is 19.8 Å². The molecule has 1 amide bonds. The van der Waals surface area contributed by atoms with Gasteiger partial charge in [0.2, 0.25) is 5.91 Å². The molecule has 1 aromatic rings. The van der Waals surface area contributed by atoms with E-state index in [1.54, 1.807) is 24.1 Å². The lowest BCUT2D eigenvalue weighted by Gasteiger charge is -2.14. The first-order valence-electron chi connectivity index (χ1n) is 4.42. The molecular weight excluding hydrogens is 307 g/mol. The highest BCUT2D eigenvalue weighted by molar-refractivity contribution is 14.1. The number of aromatic nitrogens is 2. The molecule has 0 spiro atoms. The molecule has 0 radical (unpaired) electrons. The molecular formula is C9H11IN4O. The second kappa shape index (κ2) is 5.70. The van der Waals surface area contributed by atoms with E-state index in [-0.39, 0.29) is 12.5 Å². The number of carbonyl (C=O) groups excluding carboxylic acids is 1. The summed E-state index contributed by atoms with van der Waals surface area (Å²) < 4.78 is 2.59. The number of hydrogen-bond donors (Lipinski definition) is 0. The van der Waals surface area contributed by atoms with Crippen molar-refractivity contribution >= 4 is 28.5 Å². The minimum absolute atomic E-state index is 0.0373. The van der Waals surface area contributed by atoms with Crippen LogP contribution in [0.5, 0.6) is 0 Å². The molecule has 6 heteroatoms. The SMILES string of the molecule is CN(CCC#N)C(=O)Cn1cc(I)cn1. The standard InChI is InChI=1S/C9H11IN4O/c1-13(4-2-3-11)9(15)7-14-6-8(10)5-12-14/h5-6H,2,4,7H2,1H3. The molecule has 0 N–H and O–H groups in total. The highest BCUT2D eigenvalue weighted by Gasteiger charge is 2.09. The summed E-state index contributed by atoms with van der Waals surface area (Å²) in [6, 6.07) is 2.00. The molecule has 1 aromatic heterocycles. The molecule has 0 saturated carbocycles. The first kappa shape index (κ1) is 12.0. The Morgan fingerprint density at radius 2 is 2.53 bits per heavy atom. The Kier molecular flexibility index (Phi) is 4.55. The summed E-state index contributed by atoms with van der Waals surface area (Å²) >= 11 is 2.14. The zero-order chi connectivity index (χ0) is 11.3. The quantitative estimate of drug-likeness (QED) is 0.774. The fourth-order valence-electron chi connectivity index (χ4n) is 1.03. The summed E-state index contributed by atoms with van der Waals surface area (Å²) in [6.07, 6.45) is 3.86. The van der Waals surface area contributed by atoms with Crippen molar-refractivity contribution < 1.29 is 4.79 Å². The van der Waals surface area contributed by atoms with Crippen LogP contribution >= 0.6 is 22.6 Å². The summed E-state index contributed by atoms with van der Waals surface area (Å²) in [7, 11) is 1.69. The zero-order valence-corrected chi connectivity index (χ0v) is 10.5. The smallest absolute Gasteiger partial charge is 0.244 e. The van der Waals surface area contributed by atoms with Crippen LogP contribution in [0, 0.1) is 14.9 Å². The second-order valence-electron chi connectivity index (χ2n) is 3.08. The highest BCUT2D eigenvalue weighted by Crippen LogP contribution is 2.01. The van der Waals surface area contributed by atoms with Gasteiger partial charge in [0.15, 0.2) is 0 Å². The van der Waals surface area contributed by atoms with Gasteiger partial charge in [-0.15, -0.1) is 0 Å². The lowest BCUT2D eigenvalue weighted by atomic mass is 10.4. The number of likely N-dealkylation sites (N-methyl/N-ethyl adjacent to an activating group) is 1. The van der Waals surface area contributed by atoms with E-state index < -0.39 is 0 Å². The fraction of sp³-hybridized carbons (Fsp3) is 0.444. The van der Waals surface area contributed by atoms with Crippen LogP contribution in [0.3, 0.4) is 0 Å². The van der Waals surface area contributed by atoms with Gasteiger partial charge < -0.3 is 4.90 Å². The predicted octanol–water partition coefficient (Wildman–Crippen LogP) is 0.860. The largest absolute Gasteiger partial charge is 0.343 e. The number of halogens is 1. The lowest BCUT2D eigenvalue weighted by molar-refractivity contribution is -0.130. The van der Waals surface area contributed by atoms with Gasteiger partial charge in [-0.1, -0.05) is 0 Å². The molecule has 15 heavy (non-hydrogen) atoms. The van der Waals surface area contributed by atoms with Crippen molar-refractivity contribution in [3.05, 3.63) is 16.0 Å². The van der Waals surface area contributed by atoms with E-state index in [2.05, 4.69) is 27.7 Å². The molecule has 1 rings (SSSR count). The molecule has 5 nitrogen and oxygen atoms in total. The monoisotopic (exact) mass is 318 g/mol. The van der Waals surface area contributed by atoms with E-state index in [0.717, 1.165) is 3.57 Å². The molecule has 0 atom stereocenters. The Hall–Kier alpha value is -1.10. The average Bonchev–Trinajstić information content (AvgIpc) is 2.60. The van der Waals surface area contributed by atoms with Crippen LogP contribution in [0.1, 0.15) is 6.42 Å². The Morgan fingerprint density at radius 1 is 1.80 bits per heavy atom. The Balaban J connectivity index is 2.45. The van der Waals surface area contributed by atoms with Crippen molar-refractivity contribution in [1.29, 1.82) is 5.26 Å². The Bertz CT molecular complexity index is 382. The van der Waals surface area contributed by atoms with Crippen molar-refractivity contribution in [3.8, 4) is 6.07 Å². The lowest BCUT2D eigenvalue weighted by Crippen LogP contribution is -2.31. The minimum atomic E-state index is -0.0373. The average molecular weight is 318 g/mol. The number of hydrogen-bond acceptors (Lipinski definition) is 3. The van der Waals surface area contributed by atoms with Crippen molar-refractivity contribution in [1.82, 2.24) is 14.7 Å². The van der Waals surface area contributed by atoms with Crippen LogP contribution in [0.15, 0.2) is 12.4 Å². The van der Waals surface area contributed by atoms with Crippen LogP contribution in [-0.2, 0) is 11.3 Å². The molecule has 0 bridgehead atoms. The van der Waals surface area contributed by atoms with Gasteiger partial charge >= 0.3 is 0 Å². The molecule has 80 valence electrons. The van der Waals surface area contributed by atoms with Crippen LogP contribution in [0.4, 0.5) is 0 Å². The van der Waals surface area contributed by atoms with E-state index in [1.807, 2.05) is 6.07 Å². The molecule has 1 heterocycles. The number of amides is 1. The first-order valence-corrected chi connectivity index (χ1v) is 5.50. The molecule has 0 aliphatic heterocycles. The number of carbonyl (C=O) groups is 1. The maximum absolute atomic E-state index is 11.6. The summed E-state index contributed by atoms with van der Waals surface area (Å²) in [6.45, 7) is 0.693. The van der Waals surface area contributed by atoms with Gasteiger partial charge in [-0.25, -0.2) is 0 Å². The molecule has 0 unspecified atom stereocenters. The fourth-order valence-corrected chi connectivity index (χ4v) is 1.47. The van der Waals surface area contributed by atoms with E-state index in [9.17, 15) is 4.79 Å². The van der Waals surface area contributed by atoms with Gasteiger partial charge in [0.1, 0.15) is 6.54 Å². The summed E-state index contributed by atoms with van der Waals surface area (Å²) in [5, 5.41) is 12.4. The summed E-state index contributed by atoms with van der Waals surface area (Å²) in [5.74, 6) is -0.0373. The van der Waals surface area contributed by atoms with Crippen molar-refractivity contribution in [2.24, 2.45) is 0 Å².